The molecule has 1 atom stereocenters. The smallest absolute Gasteiger partial charge is 0.253 e. The van der Waals surface area contributed by atoms with Gasteiger partial charge < -0.3 is 10.6 Å². The summed E-state index contributed by atoms with van der Waals surface area (Å²) in [5.41, 5.74) is 0.496. The first kappa shape index (κ1) is 16.6. The maximum Gasteiger partial charge on any atom is 0.253 e. The number of carbonyl (C=O) groups is 2. The summed E-state index contributed by atoms with van der Waals surface area (Å²) in [7, 11) is 0. The number of nitrogens with one attached hydrogen (secondary N) is 2. The zero-order valence-corrected chi connectivity index (χ0v) is 14.6. The summed E-state index contributed by atoms with van der Waals surface area (Å²) in [6.07, 6.45) is 1.62. The SMILES string of the molecule is CC(C)[C@@H](NC(=O)c1ccccc1Br)C(=O)Nc1nccs1. The number of benzene rings is 1. The van der Waals surface area contributed by atoms with E-state index in [4.69, 9.17) is 0 Å². The van der Waals surface area contributed by atoms with E-state index >= 15 is 0 Å². The third-order valence-corrected chi connectivity index (χ3v) is 4.40. The van der Waals surface area contributed by atoms with Crippen molar-refractivity contribution in [3.8, 4) is 0 Å². The fourth-order valence-corrected chi connectivity index (χ4v) is 2.86. The summed E-state index contributed by atoms with van der Waals surface area (Å²) in [6, 6.07) is 6.46. The minimum atomic E-state index is -0.636. The van der Waals surface area contributed by atoms with Crippen molar-refractivity contribution in [2.75, 3.05) is 5.32 Å². The molecule has 0 unspecified atom stereocenters. The maximum atomic E-state index is 12.4. The zero-order chi connectivity index (χ0) is 16.1. The lowest BCUT2D eigenvalue weighted by Crippen LogP contribution is -2.47. The average Bonchev–Trinajstić information content (AvgIpc) is 2.97. The molecule has 0 spiro atoms. The number of aromatic nitrogens is 1. The second-order valence-electron chi connectivity index (χ2n) is 5.00. The van der Waals surface area contributed by atoms with Crippen molar-refractivity contribution in [3.05, 3.63) is 45.9 Å². The van der Waals surface area contributed by atoms with Crippen LogP contribution in [0.15, 0.2) is 40.3 Å². The molecule has 2 rings (SSSR count). The molecule has 1 aromatic carbocycles. The van der Waals surface area contributed by atoms with Gasteiger partial charge in [-0.15, -0.1) is 11.3 Å². The Hall–Kier alpha value is -1.73. The number of amides is 2. The highest BCUT2D eigenvalue weighted by Gasteiger charge is 2.25. The van der Waals surface area contributed by atoms with Crippen molar-refractivity contribution in [1.82, 2.24) is 10.3 Å². The lowest BCUT2D eigenvalue weighted by Gasteiger charge is -2.21. The Balaban J connectivity index is 2.10. The van der Waals surface area contributed by atoms with E-state index in [9.17, 15) is 9.59 Å². The van der Waals surface area contributed by atoms with Crippen LogP contribution in [0.3, 0.4) is 0 Å². The minimum absolute atomic E-state index is 0.0496. The standard InChI is InChI=1S/C15H16BrN3O2S/c1-9(2)12(14(21)19-15-17-7-8-22-15)18-13(20)10-5-3-4-6-11(10)16/h3-9,12H,1-2H3,(H,18,20)(H,17,19,21)/t12-/m1/s1. The van der Waals surface area contributed by atoms with Crippen molar-refractivity contribution in [2.24, 2.45) is 5.92 Å². The molecule has 22 heavy (non-hydrogen) atoms. The molecule has 7 heteroatoms. The van der Waals surface area contributed by atoms with Gasteiger partial charge in [0.25, 0.3) is 5.91 Å². The lowest BCUT2D eigenvalue weighted by atomic mass is 10.0. The van der Waals surface area contributed by atoms with E-state index in [2.05, 4.69) is 31.5 Å². The van der Waals surface area contributed by atoms with Gasteiger partial charge in [0.15, 0.2) is 5.13 Å². The second-order valence-corrected chi connectivity index (χ2v) is 6.75. The summed E-state index contributed by atoms with van der Waals surface area (Å²) in [5.74, 6) is -0.614. The first-order chi connectivity index (χ1) is 10.5. The number of carbonyl (C=O) groups excluding carboxylic acids is 2. The molecule has 0 aliphatic rings. The Morgan fingerprint density at radius 3 is 2.59 bits per heavy atom. The van der Waals surface area contributed by atoms with E-state index in [-0.39, 0.29) is 17.7 Å². The van der Waals surface area contributed by atoms with Crippen molar-refractivity contribution < 1.29 is 9.59 Å². The van der Waals surface area contributed by atoms with Crippen LogP contribution in [0.25, 0.3) is 0 Å². The molecule has 0 fully saturated rings. The van der Waals surface area contributed by atoms with Crippen LogP contribution >= 0.6 is 27.3 Å². The quantitative estimate of drug-likeness (QED) is 0.834. The molecular weight excluding hydrogens is 366 g/mol. The third kappa shape index (κ3) is 4.14. The van der Waals surface area contributed by atoms with Crippen LogP contribution in [0, 0.1) is 5.92 Å². The maximum absolute atomic E-state index is 12.4. The first-order valence-electron chi connectivity index (χ1n) is 6.74. The number of anilines is 1. The molecule has 0 radical (unpaired) electrons. The molecule has 0 aliphatic carbocycles. The number of thiazole rings is 1. The van der Waals surface area contributed by atoms with Gasteiger partial charge in [0.05, 0.1) is 5.56 Å². The number of rotatable bonds is 5. The van der Waals surface area contributed by atoms with E-state index in [0.29, 0.717) is 15.2 Å². The molecule has 0 saturated carbocycles. The highest BCUT2D eigenvalue weighted by molar-refractivity contribution is 9.10. The first-order valence-corrected chi connectivity index (χ1v) is 8.42. The van der Waals surface area contributed by atoms with E-state index in [1.807, 2.05) is 19.9 Å². The minimum Gasteiger partial charge on any atom is -0.340 e. The molecule has 5 nitrogen and oxygen atoms in total. The van der Waals surface area contributed by atoms with Gasteiger partial charge in [-0.25, -0.2) is 4.98 Å². The Labute approximate surface area is 141 Å². The molecular formula is C15H16BrN3O2S. The summed E-state index contributed by atoms with van der Waals surface area (Å²) in [5, 5.41) is 7.80. The molecule has 1 heterocycles. The molecule has 116 valence electrons. The van der Waals surface area contributed by atoms with E-state index in [1.165, 1.54) is 11.3 Å². The summed E-state index contributed by atoms with van der Waals surface area (Å²) in [6.45, 7) is 3.76. The fraction of sp³-hybridized carbons (Fsp3) is 0.267. The number of nitrogens with zero attached hydrogens (tertiary/aromatic N) is 1. The summed E-state index contributed by atoms with van der Waals surface area (Å²) >= 11 is 4.67. The van der Waals surface area contributed by atoms with Crippen LogP contribution < -0.4 is 10.6 Å². The average molecular weight is 382 g/mol. The molecule has 2 N–H and O–H groups in total. The topological polar surface area (TPSA) is 71.1 Å². The van der Waals surface area contributed by atoms with Crippen molar-refractivity contribution in [2.45, 2.75) is 19.9 Å². The number of hydrogen-bond acceptors (Lipinski definition) is 4. The van der Waals surface area contributed by atoms with Crippen molar-refractivity contribution in [1.29, 1.82) is 0 Å². The van der Waals surface area contributed by atoms with Crippen molar-refractivity contribution in [3.63, 3.8) is 0 Å². The highest BCUT2D eigenvalue weighted by Crippen LogP contribution is 2.17. The molecule has 2 aromatic rings. The lowest BCUT2D eigenvalue weighted by molar-refractivity contribution is -0.118. The number of hydrogen-bond donors (Lipinski definition) is 2. The summed E-state index contributed by atoms with van der Waals surface area (Å²) < 4.78 is 0.690. The van der Waals surface area contributed by atoms with Crippen LogP contribution in [-0.4, -0.2) is 22.8 Å². The predicted octanol–water partition coefficient (Wildman–Crippen LogP) is 3.30. The Morgan fingerprint density at radius 2 is 2.00 bits per heavy atom. The summed E-state index contributed by atoms with van der Waals surface area (Å²) in [4.78, 5) is 28.7. The molecule has 2 amide bonds. The Bertz CT molecular complexity index is 659. The molecule has 0 saturated heterocycles. The van der Waals surface area contributed by atoms with E-state index in [0.717, 1.165) is 0 Å². The normalized spacial score (nSPS) is 12.0. The van der Waals surface area contributed by atoms with Gasteiger partial charge in [-0.1, -0.05) is 26.0 Å². The predicted molar refractivity (Wildman–Crippen MR) is 91.0 cm³/mol. The zero-order valence-electron chi connectivity index (χ0n) is 12.2. The van der Waals surface area contributed by atoms with Crippen LogP contribution in [-0.2, 0) is 4.79 Å². The van der Waals surface area contributed by atoms with Gasteiger partial charge in [-0.05, 0) is 34.0 Å². The monoisotopic (exact) mass is 381 g/mol. The molecule has 0 aliphatic heterocycles. The second kappa shape index (κ2) is 7.51. The highest BCUT2D eigenvalue weighted by atomic mass is 79.9. The van der Waals surface area contributed by atoms with Gasteiger partial charge in [-0.3, -0.25) is 9.59 Å². The third-order valence-electron chi connectivity index (χ3n) is 3.02. The van der Waals surface area contributed by atoms with Gasteiger partial charge in [0.1, 0.15) is 6.04 Å². The van der Waals surface area contributed by atoms with Crippen LogP contribution in [0.1, 0.15) is 24.2 Å². The molecule has 1 aromatic heterocycles. The fourth-order valence-electron chi connectivity index (χ4n) is 1.87. The Morgan fingerprint density at radius 1 is 1.27 bits per heavy atom. The Kier molecular flexibility index (Phi) is 5.68. The van der Waals surface area contributed by atoms with E-state index in [1.54, 1.807) is 29.8 Å². The van der Waals surface area contributed by atoms with Crippen LogP contribution in [0.5, 0.6) is 0 Å². The van der Waals surface area contributed by atoms with Gasteiger partial charge in [0, 0.05) is 16.0 Å². The van der Waals surface area contributed by atoms with Gasteiger partial charge >= 0.3 is 0 Å². The largest absolute Gasteiger partial charge is 0.340 e. The van der Waals surface area contributed by atoms with Crippen LogP contribution in [0.2, 0.25) is 0 Å². The van der Waals surface area contributed by atoms with E-state index < -0.39 is 6.04 Å². The van der Waals surface area contributed by atoms with Crippen LogP contribution in [0.4, 0.5) is 5.13 Å². The molecule has 0 bridgehead atoms. The van der Waals surface area contributed by atoms with Crippen molar-refractivity contribution >= 4 is 44.2 Å². The van der Waals surface area contributed by atoms with Gasteiger partial charge in [-0.2, -0.15) is 0 Å². The van der Waals surface area contributed by atoms with Gasteiger partial charge in [0.2, 0.25) is 5.91 Å². The number of halogens is 1.